The highest BCUT2D eigenvalue weighted by Crippen LogP contribution is 2.20. The lowest BCUT2D eigenvalue weighted by Crippen LogP contribution is -2.48. The molecule has 21 heavy (non-hydrogen) atoms. The summed E-state index contributed by atoms with van der Waals surface area (Å²) in [6.45, 7) is 2.64. The number of rotatable bonds is 2. The predicted molar refractivity (Wildman–Crippen MR) is 81.0 cm³/mol. The zero-order valence-corrected chi connectivity index (χ0v) is 12.1. The van der Waals surface area contributed by atoms with Gasteiger partial charge in [-0.3, -0.25) is 4.79 Å². The van der Waals surface area contributed by atoms with Crippen LogP contribution in [0.25, 0.3) is 0 Å². The zero-order valence-electron chi connectivity index (χ0n) is 11.3. The molecule has 1 aromatic carbocycles. The highest BCUT2D eigenvalue weighted by atomic mass is 32.1. The van der Waals surface area contributed by atoms with Crippen LogP contribution in [0, 0.1) is 5.82 Å². The number of benzene rings is 1. The largest absolute Gasteiger partial charge is 0.399 e. The Hall–Kier alpha value is -2.15. The number of carbonyl (C=O) groups excluding carboxylic acids is 1. The molecule has 0 radical (unpaired) electrons. The molecule has 1 aliphatic rings. The van der Waals surface area contributed by atoms with Gasteiger partial charge in [-0.2, -0.15) is 0 Å². The first kappa shape index (κ1) is 13.8. The van der Waals surface area contributed by atoms with Gasteiger partial charge in [0.2, 0.25) is 0 Å². The molecule has 0 unspecified atom stereocenters. The van der Waals surface area contributed by atoms with Gasteiger partial charge in [-0.15, -0.1) is 11.3 Å². The highest BCUT2D eigenvalue weighted by molar-refractivity contribution is 7.13. The van der Waals surface area contributed by atoms with Crippen molar-refractivity contribution in [3.05, 3.63) is 41.2 Å². The summed E-state index contributed by atoms with van der Waals surface area (Å²) in [6.07, 6.45) is 1.77. The number of nitrogens with zero attached hydrogens (tertiary/aromatic N) is 3. The standard InChI is InChI=1S/C14H15FN4OS/c15-11-7-10(8-12(16)9-11)13(20)18-2-4-19(5-3-18)14-17-1-6-21-14/h1,6-9H,2-5,16H2. The molecule has 1 fully saturated rings. The molecule has 1 aromatic heterocycles. The van der Waals surface area contributed by atoms with Crippen LogP contribution in [-0.4, -0.2) is 42.0 Å². The first-order valence-corrected chi connectivity index (χ1v) is 7.51. The van der Waals surface area contributed by atoms with E-state index in [1.54, 1.807) is 22.4 Å². The molecule has 0 aliphatic carbocycles. The second-order valence-electron chi connectivity index (χ2n) is 4.87. The van der Waals surface area contributed by atoms with Gasteiger partial charge in [-0.25, -0.2) is 9.37 Å². The maximum atomic E-state index is 13.3. The van der Waals surface area contributed by atoms with Crippen LogP contribution in [0.5, 0.6) is 0 Å². The Morgan fingerprint density at radius 2 is 2.00 bits per heavy atom. The SMILES string of the molecule is Nc1cc(F)cc(C(=O)N2CCN(c3nccs3)CC2)c1. The van der Waals surface area contributed by atoms with Gasteiger partial charge in [0.05, 0.1) is 0 Å². The summed E-state index contributed by atoms with van der Waals surface area (Å²) in [6, 6.07) is 3.95. The molecule has 0 atom stereocenters. The van der Waals surface area contributed by atoms with Crippen LogP contribution in [0.1, 0.15) is 10.4 Å². The van der Waals surface area contributed by atoms with Crippen molar-refractivity contribution in [3.8, 4) is 0 Å². The van der Waals surface area contributed by atoms with E-state index in [4.69, 9.17) is 5.73 Å². The van der Waals surface area contributed by atoms with E-state index < -0.39 is 5.82 Å². The van der Waals surface area contributed by atoms with E-state index in [9.17, 15) is 9.18 Å². The molecule has 5 nitrogen and oxygen atoms in total. The van der Waals surface area contributed by atoms with Crippen LogP contribution < -0.4 is 10.6 Å². The molecule has 1 aliphatic heterocycles. The second-order valence-corrected chi connectivity index (χ2v) is 5.74. The van der Waals surface area contributed by atoms with Crippen molar-refractivity contribution in [1.29, 1.82) is 0 Å². The Kier molecular flexibility index (Phi) is 3.74. The molecule has 0 bridgehead atoms. The Bertz CT molecular complexity index is 618. The van der Waals surface area contributed by atoms with Crippen molar-refractivity contribution in [2.75, 3.05) is 36.8 Å². The number of amides is 1. The van der Waals surface area contributed by atoms with Gasteiger partial charge in [-0.05, 0) is 18.2 Å². The highest BCUT2D eigenvalue weighted by Gasteiger charge is 2.23. The average Bonchev–Trinajstić information content (AvgIpc) is 3.00. The smallest absolute Gasteiger partial charge is 0.254 e. The number of piperazine rings is 1. The topological polar surface area (TPSA) is 62.5 Å². The van der Waals surface area contributed by atoms with Crippen molar-refractivity contribution in [2.24, 2.45) is 0 Å². The van der Waals surface area contributed by atoms with Gasteiger partial charge in [0.1, 0.15) is 5.82 Å². The third-order valence-electron chi connectivity index (χ3n) is 3.42. The summed E-state index contributed by atoms with van der Waals surface area (Å²) in [7, 11) is 0. The van der Waals surface area contributed by atoms with E-state index in [1.807, 2.05) is 5.38 Å². The Morgan fingerprint density at radius 1 is 1.24 bits per heavy atom. The van der Waals surface area contributed by atoms with E-state index in [0.717, 1.165) is 18.2 Å². The minimum absolute atomic E-state index is 0.181. The molecular weight excluding hydrogens is 291 g/mol. The molecule has 3 rings (SSSR count). The van der Waals surface area contributed by atoms with Crippen molar-refractivity contribution in [1.82, 2.24) is 9.88 Å². The monoisotopic (exact) mass is 306 g/mol. The van der Waals surface area contributed by atoms with Crippen molar-refractivity contribution >= 4 is 28.1 Å². The number of nitrogens with two attached hydrogens (primary N) is 1. The lowest BCUT2D eigenvalue weighted by molar-refractivity contribution is 0.0746. The van der Waals surface area contributed by atoms with Gasteiger partial charge in [0.25, 0.3) is 5.91 Å². The zero-order chi connectivity index (χ0) is 14.8. The van der Waals surface area contributed by atoms with E-state index in [0.29, 0.717) is 18.7 Å². The van der Waals surface area contributed by atoms with E-state index in [1.165, 1.54) is 18.2 Å². The summed E-state index contributed by atoms with van der Waals surface area (Å²) in [5.74, 6) is -0.667. The molecule has 1 saturated heterocycles. The average molecular weight is 306 g/mol. The maximum Gasteiger partial charge on any atom is 0.254 e. The van der Waals surface area contributed by atoms with E-state index >= 15 is 0 Å². The number of hydrogen-bond acceptors (Lipinski definition) is 5. The second kappa shape index (κ2) is 5.69. The minimum Gasteiger partial charge on any atom is -0.399 e. The van der Waals surface area contributed by atoms with Crippen LogP contribution in [0.4, 0.5) is 15.2 Å². The molecule has 7 heteroatoms. The minimum atomic E-state index is -0.486. The van der Waals surface area contributed by atoms with Gasteiger partial charge in [0.15, 0.2) is 5.13 Å². The lowest BCUT2D eigenvalue weighted by Gasteiger charge is -2.34. The molecule has 2 heterocycles. The number of thiazole rings is 1. The lowest BCUT2D eigenvalue weighted by atomic mass is 10.1. The number of aromatic nitrogens is 1. The van der Waals surface area contributed by atoms with Crippen LogP contribution in [-0.2, 0) is 0 Å². The fraction of sp³-hybridized carbons (Fsp3) is 0.286. The molecule has 2 N–H and O–H groups in total. The van der Waals surface area contributed by atoms with E-state index in [2.05, 4.69) is 9.88 Å². The maximum absolute atomic E-state index is 13.3. The third-order valence-corrected chi connectivity index (χ3v) is 4.26. The molecule has 1 amide bonds. The van der Waals surface area contributed by atoms with Gasteiger partial charge in [-0.1, -0.05) is 0 Å². The first-order valence-electron chi connectivity index (χ1n) is 6.63. The van der Waals surface area contributed by atoms with Crippen molar-refractivity contribution in [2.45, 2.75) is 0 Å². The fourth-order valence-electron chi connectivity index (χ4n) is 2.39. The number of halogens is 1. The number of carbonyl (C=O) groups is 1. The first-order chi connectivity index (χ1) is 10.1. The summed E-state index contributed by atoms with van der Waals surface area (Å²) in [5, 5.41) is 2.90. The van der Waals surface area contributed by atoms with E-state index in [-0.39, 0.29) is 11.6 Å². The van der Waals surface area contributed by atoms with Gasteiger partial charge in [0, 0.05) is 49.0 Å². The van der Waals surface area contributed by atoms with Gasteiger partial charge >= 0.3 is 0 Å². The summed E-state index contributed by atoms with van der Waals surface area (Å²) in [5.41, 5.74) is 6.15. The summed E-state index contributed by atoms with van der Waals surface area (Å²) < 4.78 is 13.3. The number of nitrogen functional groups attached to an aromatic ring is 1. The molecule has 0 saturated carbocycles. The number of hydrogen-bond donors (Lipinski definition) is 1. The Labute approximate surface area is 125 Å². The molecule has 2 aromatic rings. The predicted octanol–water partition coefficient (Wildman–Crippen LogP) is 1.83. The Balaban J connectivity index is 1.67. The van der Waals surface area contributed by atoms with Crippen molar-refractivity contribution < 1.29 is 9.18 Å². The number of anilines is 2. The van der Waals surface area contributed by atoms with Crippen LogP contribution in [0.15, 0.2) is 29.8 Å². The quantitative estimate of drug-likeness (QED) is 0.860. The Morgan fingerprint density at radius 3 is 2.62 bits per heavy atom. The molecular formula is C14H15FN4OS. The van der Waals surface area contributed by atoms with Gasteiger partial charge < -0.3 is 15.5 Å². The third kappa shape index (κ3) is 2.97. The molecule has 0 spiro atoms. The summed E-state index contributed by atoms with van der Waals surface area (Å²) >= 11 is 1.58. The van der Waals surface area contributed by atoms with Crippen LogP contribution in [0.2, 0.25) is 0 Å². The molecule has 110 valence electrons. The van der Waals surface area contributed by atoms with Crippen molar-refractivity contribution in [3.63, 3.8) is 0 Å². The normalized spacial score (nSPS) is 15.3. The van der Waals surface area contributed by atoms with Crippen LogP contribution in [0.3, 0.4) is 0 Å². The fourth-order valence-corrected chi connectivity index (χ4v) is 3.09. The summed E-state index contributed by atoms with van der Waals surface area (Å²) in [4.78, 5) is 20.5. The van der Waals surface area contributed by atoms with Crippen LogP contribution >= 0.6 is 11.3 Å².